The lowest BCUT2D eigenvalue weighted by atomic mass is 10.1. The second-order valence-electron chi connectivity index (χ2n) is 5.35. The van der Waals surface area contributed by atoms with Crippen LogP contribution in [0.15, 0.2) is 29.2 Å². The van der Waals surface area contributed by atoms with Gasteiger partial charge in [0.25, 0.3) is 0 Å². The first-order valence-corrected chi connectivity index (χ1v) is 9.60. The van der Waals surface area contributed by atoms with Crippen LogP contribution >= 0.6 is 11.8 Å². The summed E-state index contributed by atoms with van der Waals surface area (Å²) in [5, 5.41) is 0.568. The van der Waals surface area contributed by atoms with Crippen molar-refractivity contribution in [2.24, 2.45) is 5.73 Å². The molecule has 0 amide bonds. The molecule has 1 aromatic carbocycles. The standard InChI is InChI=1S/C14H22N2O2S2/c1-10(15)11-4-3-5-14(8-11)20(17,18)16-12-6-7-13(9-12)19-2/h3-5,8,10,12-13,16H,6-7,9,15H2,1-2H3. The van der Waals surface area contributed by atoms with Gasteiger partial charge >= 0.3 is 0 Å². The van der Waals surface area contributed by atoms with Gasteiger partial charge in [0.15, 0.2) is 0 Å². The highest BCUT2D eigenvalue weighted by atomic mass is 32.2. The summed E-state index contributed by atoms with van der Waals surface area (Å²) in [4.78, 5) is 0.305. The van der Waals surface area contributed by atoms with Gasteiger partial charge < -0.3 is 5.73 Å². The monoisotopic (exact) mass is 314 g/mol. The molecule has 0 bridgehead atoms. The van der Waals surface area contributed by atoms with E-state index in [0.29, 0.717) is 10.1 Å². The Labute approximate surface area is 125 Å². The van der Waals surface area contributed by atoms with Gasteiger partial charge in [-0.2, -0.15) is 11.8 Å². The van der Waals surface area contributed by atoms with Gasteiger partial charge in [-0.1, -0.05) is 12.1 Å². The summed E-state index contributed by atoms with van der Waals surface area (Å²) in [6.45, 7) is 1.85. The lowest BCUT2D eigenvalue weighted by molar-refractivity contribution is 0.552. The third kappa shape index (κ3) is 3.75. The minimum atomic E-state index is -3.45. The maximum atomic E-state index is 12.4. The van der Waals surface area contributed by atoms with E-state index in [0.717, 1.165) is 24.8 Å². The average Bonchev–Trinajstić information content (AvgIpc) is 2.86. The highest BCUT2D eigenvalue weighted by molar-refractivity contribution is 7.99. The summed E-state index contributed by atoms with van der Waals surface area (Å²) >= 11 is 1.81. The molecular weight excluding hydrogens is 292 g/mol. The van der Waals surface area contributed by atoms with Crippen molar-refractivity contribution in [2.75, 3.05) is 6.26 Å². The number of benzene rings is 1. The van der Waals surface area contributed by atoms with E-state index in [4.69, 9.17) is 5.73 Å². The molecule has 1 fully saturated rings. The molecule has 3 unspecified atom stereocenters. The molecule has 0 aromatic heterocycles. The Morgan fingerprint density at radius 2 is 2.15 bits per heavy atom. The Morgan fingerprint density at radius 3 is 2.75 bits per heavy atom. The lowest BCUT2D eigenvalue weighted by Crippen LogP contribution is -2.33. The van der Waals surface area contributed by atoms with Gasteiger partial charge in [-0.05, 0) is 50.1 Å². The molecule has 1 aliphatic rings. The van der Waals surface area contributed by atoms with Gasteiger partial charge in [0.05, 0.1) is 4.90 Å². The average molecular weight is 314 g/mol. The highest BCUT2D eigenvalue weighted by Gasteiger charge is 2.28. The van der Waals surface area contributed by atoms with Crippen LogP contribution in [-0.4, -0.2) is 26.0 Å². The summed E-state index contributed by atoms with van der Waals surface area (Å²) in [6, 6.07) is 6.76. The summed E-state index contributed by atoms with van der Waals surface area (Å²) in [5.41, 5.74) is 6.64. The number of nitrogens with one attached hydrogen (secondary N) is 1. The largest absolute Gasteiger partial charge is 0.324 e. The van der Waals surface area contributed by atoms with E-state index in [1.54, 1.807) is 18.2 Å². The summed E-state index contributed by atoms with van der Waals surface area (Å²) in [7, 11) is -3.45. The molecule has 0 aliphatic heterocycles. The van der Waals surface area contributed by atoms with Crippen LogP contribution in [0.4, 0.5) is 0 Å². The van der Waals surface area contributed by atoms with Crippen molar-refractivity contribution in [3.05, 3.63) is 29.8 Å². The molecule has 4 nitrogen and oxygen atoms in total. The van der Waals surface area contributed by atoms with Crippen molar-refractivity contribution >= 4 is 21.8 Å². The summed E-state index contributed by atoms with van der Waals surface area (Å²) in [5.74, 6) is 0. The van der Waals surface area contributed by atoms with Crippen LogP contribution in [0, 0.1) is 0 Å². The lowest BCUT2D eigenvalue weighted by Gasteiger charge is -2.14. The molecule has 6 heteroatoms. The van der Waals surface area contributed by atoms with Crippen LogP contribution in [-0.2, 0) is 10.0 Å². The van der Waals surface area contributed by atoms with Crippen molar-refractivity contribution in [1.82, 2.24) is 4.72 Å². The van der Waals surface area contributed by atoms with E-state index < -0.39 is 10.0 Å². The van der Waals surface area contributed by atoms with Crippen LogP contribution in [0.3, 0.4) is 0 Å². The Bertz CT molecular complexity index is 558. The molecular formula is C14H22N2O2S2. The summed E-state index contributed by atoms with van der Waals surface area (Å²) in [6.07, 6.45) is 4.98. The SMILES string of the molecule is CSC1CCC(NS(=O)(=O)c2cccc(C(C)N)c2)C1. The van der Waals surface area contributed by atoms with E-state index >= 15 is 0 Å². The number of thioether (sulfide) groups is 1. The number of nitrogens with two attached hydrogens (primary N) is 1. The maximum absolute atomic E-state index is 12.4. The fourth-order valence-corrected chi connectivity index (χ4v) is 4.65. The first-order chi connectivity index (χ1) is 9.42. The van der Waals surface area contributed by atoms with E-state index in [-0.39, 0.29) is 12.1 Å². The second-order valence-corrected chi connectivity index (χ2v) is 8.20. The third-order valence-electron chi connectivity index (χ3n) is 3.73. The molecule has 1 saturated carbocycles. The quantitative estimate of drug-likeness (QED) is 0.874. The molecule has 3 atom stereocenters. The number of rotatable bonds is 5. The van der Waals surface area contributed by atoms with Gasteiger partial charge in [0.2, 0.25) is 10.0 Å². The smallest absolute Gasteiger partial charge is 0.240 e. The van der Waals surface area contributed by atoms with Crippen LogP contribution in [0.5, 0.6) is 0 Å². The topological polar surface area (TPSA) is 72.2 Å². The molecule has 0 radical (unpaired) electrons. The predicted molar refractivity (Wildman–Crippen MR) is 84.3 cm³/mol. The molecule has 0 heterocycles. The zero-order valence-electron chi connectivity index (χ0n) is 11.9. The van der Waals surface area contributed by atoms with Crippen molar-refractivity contribution in [2.45, 2.75) is 48.4 Å². The third-order valence-corrected chi connectivity index (χ3v) is 6.35. The zero-order chi connectivity index (χ0) is 14.8. The fraction of sp³-hybridized carbons (Fsp3) is 0.571. The molecule has 0 saturated heterocycles. The zero-order valence-corrected chi connectivity index (χ0v) is 13.5. The van der Waals surface area contributed by atoms with E-state index in [1.165, 1.54) is 0 Å². The minimum absolute atomic E-state index is 0.0522. The van der Waals surface area contributed by atoms with Gasteiger partial charge in [0.1, 0.15) is 0 Å². The number of sulfonamides is 1. The van der Waals surface area contributed by atoms with Gasteiger partial charge in [-0.15, -0.1) is 0 Å². The molecule has 0 spiro atoms. The van der Waals surface area contributed by atoms with Crippen LogP contribution in [0.1, 0.15) is 37.8 Å². The normalized spacial score (nSPS) is 24.8. The van der Waals surface area contributed by atoms with E-state index in [1.807, 2.05) is 24.8 Å². The van der Waals surface area contributed by atoms with Crippen molar-refractivity contribution in [3.63, 3.8) is 0 Å². The second kappa shape index (κ2) is 6.47. The predicted octanol–water partition coefficient (Wildman–Crippen LogP) is 2.27. The van der Waals surface area contributed by atoms with Gasteiger partial charge in [0, 0.05) is 17.3 Å². The van der Waals surface area contributed by atoms with Crippen LogP contribution in [0.2, 0.25) is 0 Å². The van der Waals surface area contributed by atoms with Crippen LogP contribution in [0.25, 0.3) is 0 Å². The molecule has 2 rings (SSSR count). The molecule has 20 heavy (non-hydrogen) atoms. The molecule has 3 N–H and O–H groups in total. The van der Waals surface area contributed by atoms with E-state index in [2.05, 4.69) is 11.0 Å². The first-order valence-electron chi connectivity index (χ1n) is 6.83. The molecule has 112 valence electrons. The Hall–Kier alpha value is -0.560. The van der Waals surface area contributed by atoms with Crippen LogP contribution < -0.4 is 10.5 Å². The van der Waals surface area contributed by atoms with Crippen molar-refractivity contribution < 1.29 is 8.42 Å². The molecule has 1 aliphatic carbocycles. The van der Waals surface area contributed by atoms with Crippen molar-refractivity contribution in [1.29, 1.82) is 0 Å². The number of hydrogen-bond acceptors (Lipinski definition) is 4. The minimum Gasteiger partial charge on any atom is -0.324 e. The van der Waals surface area contributed by atoms with Gasteiger partial charge in [-0.3, -0.25) is 0 Å². The van der Waals surface area contributed by atoms with E-state index in [9.17, 15) is 8.42 Å². The van der Waals surface area contributed by atoms with Gasteiger partial charge in [-0.25, -0.2) is 13.1 Å². The Kier molecular flexibility index (Phi) is 5.12. The fourth-order valence-electron chi connectivity index (χ4n) is 2.51. The first kappa shape index (κ1) is 15.8. The molecule has 1 aromatic rings. The summed E-state index contributed by atoms with van der Waals surface area (Å²) < 4.78 is 27.6. The highest BCUT2D eigenvalue weighted by Crippen LogP contribution is 2.29. The van der Waals surface area contributed by atoms with Crippen molar-refractivity contribution in [3.8, 4) is 0 Å². The number of hydrogen-bond donors (Lipinski definition) is 2. The Morgan fingerprint density at radius 1 is 1.40 bits per heavy atom. The maximum Gasteiger partial charge on any atom is 0.240 e. The Balaban J connectivity index is 2.12.